The Labute approximate surface area is 144 Å². The minimum Gasteiger partial charge on any atom is -0.381 e. The Morgan fingerprint density at radius 2 is 1.46 bits per heavy atom. The molecular weight excluding hydrogens is 306 g/mol. The number of hydrogen-bond acceptors (Lipinski definition) is 4. The van der Waals surface area contributed by atoms with Crippen molar-refractivity contribution in [2.24, 2.45) is 17.6 Å². The SMILES string of the molecule is NC(C(=O)N1CCN(C(=O)C2CCCCC2)CC1)C1CCOCC1. The van der Waals surface area contributed by atoms with E-state index >= 15 is 0 Å². The minimum atomic E-state index is -0.422. The summed E-state index contributed by atoms with van der Waals surface area (Å²) in [4.78, 5) is 29.0. The molecule has 0 aromatic rings. The molecule has 2 aliphatic heterocycles. The molecule has 1 aliphatic carbocycles. The average Bonchev–Trinajstić information content (AvgIpc) is 2.68. The van der Waals surface area contributed by atoms with Crippen LogP contribution in [0.1, 0.15) is 44.9 Å². The monoisotopic (exact) mass is 337 g/mol. The summed E-state index contributed by atoms with van der Waals surface area (Å²) >= 11 is 0. The van der Waals surface area contributed by atoms with Crippen molar-refractivity contribution in [1.29, 1.82) is 0 Å². The number of carbonyl (C=O) groups is 2. The van der Waals surface area contributed by atoms with Crippen molar-refractivity contribution in [2.75, 3.05) is 39.4 Å². The van der Waals surface area contributed by atoms with Gasteiger partial charge in [-0.2, -0.15) is 0 Å². The van der Waals surface area contributed by atoms with Crippen LogP contribution in [0, 0.1) is 11.8 Å². The van der Waals surface area contributed by atoms with Gasteiger partial charge in [-0.3, -0.25) is 9.59 Å². The second-order valence-electron chi connectivity index (χ2n) is 7.46. The first-order valence-corrected chi connectivity index (χ1v) is 9.57. The van der Waals surface area contributed by atoms with E-state index in [1.807, 2.05) is 9.80 Å². The minimum absolute atomic E-state index is 0.0478. The van der Waals surface area contributed by atoms with Crippen LogP contribution in [0.3, 0.4) is 0 Å². The molecule has 2 saturated heterocycles. The van der Waals surface area contributed by atoms with Crippen LogP contribution >= 0.6 is 0 Å². The van der Waals surface area contributed by atoms with Gasteiger partial charge in [-0.05, 0) is 31.6 Å². The number of ether oxygens (including phenoxy) is 1. The molecule has 0 bridgehead atoms. The maximum Gasteiger partial charge on any atom is 0.239 e. The summed E-state index contributed by atoms with van der Waals surface area (Å²) in [6.07, 6.45) is 7.42. The Morgan fingerprint density at radius 1 is 0.875 bits per heavy atom. The molecule has 0 spiro atoms. The lowest BCUT2D eigenvalue weighted by Crippen LogP contribution is -2.56. The zero-order valence-electron chi connectivity index (χ0n) is 14.6. The van der Waals surface area contributed by atoms with Crippen molar-refractivity contribution < 1.29 is 14.3 Å². The van der Waals surface area contributed by atoms with Crippen LogP contribution in [-0.2, 0) is 14.3 Å². The van der Waals surface area contributed by atoms with Gasteiger partial charge in [0.05, 0.1) is 6.04 Å². The Balaban J connectivity index is 1.47. The van der Waals surface area contributed by atoms with E-state index < -0.39 is 6.04 Å². The van der Waals surface area contributed by atoms with Gasteiger partial charge < -0.3 is 20.3 Å². The summed E-state index contributed by atoms with van der Waals surface area (Å²) in [6.45, 7) is 3.95. The lowest BCUT2D eigenvalue weighted by Gasteiger charge is -2.39. The third-order valence-electron chi connectivity index (χ3n) is 5.92. The fraction of sp³-hybridized carbons (Fsp3) is 0.889. The van der Waals surface area contributed by atoms with Gasteiger partial charge in [-0.15, -0.1) is 0 Å². The van der Waals surface area contributed by atoms with Gasteiger partial charge in [0.1, 0.15) is 0 Å². The predicted molar refractivity (Wildman–Crippen MR) is 91.3 cm³/mol. The largest absolute Gasteiger partial charge is 0.381 e. The van der Waals surface area contributed by atoms with E-state index in [9.17, 15) is 9.59 Å². The van der Waals surface area contributed by atoms with Gasteiger partial charge in [0, 0.05) is 45.3 Å². The molecule has 3 aliphatic rings. The van der Waals surface area contributed by atoms with Crippen LogP contribution in [0.5, 0.6) is 0 Å². The molecule has 1 unspecified atom stereocenters. The van der Waals surface area contributed by atoms with E-state index in [2.05, 4.69) is 0 Å². The van der Waals surface area contributed by atoms with E-state index in [1.54, 1.807) is 0 Å². The number of carbonyl (C=O) groups excluding carboxylic acids is 2. The summed E-state index contributed by atoms with van der Waals surface area (Å²) in [5, 5.41) is 0. The molecule has 3 rings (SSSR count). The van der Waals surface area contributed by atoms with Crippen LogP contribution < -0.4 is 5.73 Å². The van der Waals surface area contributed by atoms with Gasteiger partial charge in [0.15, 0.2) is 0 Å². The first-order valence-electron chi connectivity index (χ1n) is 9.57. The summed E-state index contributed by atoms with van der Waals surface area (Å²) in [7, 11) is 0. The van der Waals surface area contributed by atoms with Crippen LogP contribution in [0.25, 0.3) is 0 Å². The Hall–Kier alpha value is -1.14. The number of hydrogen-bond donors (Lipinski definition) is 1. The van der Waals surface area contributed by atoms with Crippen LogP contribution in [-0.4, -0.2) is 67.0 Å². The maximum absolute atomic E-state index is 12.6. The highest BCUT2D eigenvalue weighted by Crippen LogP contribution is 2.26. The molecule has 3 fully saturated rings. The van der Waals surface area contributed by atoms with E-state index in [0.717, 1.165) is 25.7 Å². The van der Waals surface area contributed by atoms with Crippen molar-refractivity contribution in [3.8, 4) is 0 Å². The number of nitrogens with zero attached hydrogens (tertiary/aromatic N) is 2. The van der Waals surface area contributed by atoms with E-state index in [-0.39, 0.29) is 17.7 Å². The highest BCUT2D eigenvalue weighted by atomic mass is 16.5. The molecule has 1 atom stereocenters. The highest BCUT2D eigenvalue weighted by molar-refractivity contribution is 5.83. The van der Waals surface area contributed by atoms with Crippen LogP contribution in [0.15, 0.2) is 0 Å². The van der Waals surface area contributed by atoms with E-state index in [4.69, 9.17) is 10.5 Å². The fourth-order valence-electron chi connectivity index (χ4n) is 4.24. The third-order valence-corrected chi connectivity index (χ3v) is 5.92. The van der Waals surface area contributed by atoms with Crippen molar-refractivity contribution in [3.05, 3.63) is 0 Å². The van der Waals surface area contributed by atoms with Crippen molar-refractivity contribution in [2.45, 2.75) is 51.0 Å². The Morgan fingerprint density at radius 3 is 2.08 bits per heavy atom. The smallest absolute Gasteiger partial charge is 0.239 e. The lowest BCUT2D eigenvalue weighted by atomic mass is 9.88. The molecule has 6 heteroatoms. The number of nitrogens with two attached hydrogens (primary N) is 1. The van der Waals surface area contributed by atoms with E-state index in [1.165, 1.54) is 19.3 Å². The first-order chi connectivity index (χ1) is 11.7. The average molecular weight is 337 g/mol. The quantitative estimate of drug-likeness (QED) is 0.833. The van der Waals surface area contributed by atoms with E-state index in [0.29, 0.717) is 45.3 Å². The third kappa shape index (κ3) is 4.09. The topological polar surface area (TPSA) is 75.9 Å². The Kier molecular flexibility index (Phi) is 6.11. The van der Waals surface area contributed by atoms with Gasteiger partial charge in [-0.25, -0.2) is 0 Å². The van der Waals surface area contributed by atoms with Crippen molar-refractivity contribution in [1.82, 2.24) is 9.80 Å². The molecule has 6 nitrogen and oxygen atoms in total. The highest BCUT2D eigenvalue weighted by Gasteiger charge is 2.33. The standard InChI is InChI=1S/C18H31N3O3/c19-16(14-6-12-24-13-7-14)18(23)21-10-8-20(9-11-21)17(22)15-4-2-1-3-5-15/h14-16H,1-13,19H2. The van der Waals surface area contributed by atoms with Gasteiger partial charge in [0.2, 0.25) is 11.8 Å². The molecule has 24 heavy (non-hydrogen) atoms. The molecule has 1 saturated carbocycles. The van der Waals surface area contributed by atoms with Gasteiger partial charge >= 0.3 is 0 Å². The van der Waals surface area contributed by atoms with Crippen LogP contribution in [0.2, 0.25) is 0 Å². The summed E-state index contributed by atoms with van der Waals surface area (Å²) in [5.41, 5.74) is 6.21. The zero-order chi connectivity index (χ0) is 16.9. The lowest BCUT2D eigenvalue weighted by molar-refractivity contribution is -0.144. The second kappa shape index (κ2) is 8.30. The van der Waals surface area contributed by atoms with Crippen LogP contribution in [0.4, 0.5) is 0 Å². The van der Waals surface area contributed by atoms with Crippen molar-refractivity contribution >= 4 is 11.8 Å². The summed E-state index contributed by atoms with van der Waals surface area (Å²) in [6, 6.07) is -0.422. The number of amides is 2. The predicted octanol–water partition coefficient (Wildman–Crippen LogP) is 0.991. The molecular formula is C18H31N3O3. The second-order valence-corrected chi connectivity index (χ2v) is 7.46. The molecule has 0 aromatic carbocycles. The molecule has 2 amide bonds. The van der Waals surface area contributed by atoms with Crippen molar-refractivity contribution in [3.63, 3.8) is 0 Å². The zero-order valence-corrected chi connectivity index (χ0v) is 14.6. The fourth-order valence-corrected chi connectivity index (χ4v) is 4.24. The summed E-state index contributed by atoms with van der Waals surface area (Å²) in [5.74, 6) is 0.792. The maximum atomic E-state index is 12.6. The number of piperazine rings is 1. The van der Waals surface area contributed by atoms with Gasteiger partial charge in [0.25, 0.3) is 0 Å². The Bertz CT molecular complexity index is 437. The summed E-state index contributed by atoms with van der Waals surface area (Å²) < 4.78 is 5.35. The molecule has 2 N–H and O–H groups in total. The first kappa shape index (κ1) is 17.7. The molecule has 2 heterocycles. The number of rotatable bonds is 3. The molecule has 136 valence electrons. The molecule has 0 aromatic heterocycles. The normalized spacial score (nSPS) is 25.5. The van der Waals surface area contributed by atoms with Gasteiger partial charge in [-0.1, -0.05) is 19.3 Å². The molecule has 0 radical (unpaired) electrons.